The Hall–Kier alpha value is -0.900. The van der Waals surface area contributed by atoms with Crippen molar-refractivity contribution in [2.75, 3.05) is 13.3 Å². The molecule has 0 bridgehead atoms. The summed E-state index contributed by atoms with van der Waals surface area (Å²) in [6.45, 7) is 1.89. The smallest absolute Gasteiger partial charge is 0.257 e. The van der Waals surface area contributed by atoms with Crippen molar-refractivity contribution in [2.24, 2.45) is 0 Å². The molecule has 1 aliphatic rings. The average Bonchev–Trinajstić information content (AvgIpc) is 2.34. The van der Waals surface area contributed by atoms with Crippen LogP contribution in [0.4, 0.5) is 0 Å². The fourth-order valence-electron chi connectivity index (χ4n) is 0.776. The number of carbonyl (C=O) groups excluding carboxylic acids is 2. The van der Waals surface area contributed by atoms with E-state index in [9.17, 15) is 9.59 Å². The lowest BCUT2D eigenvalue weighted by molar-refractivity contribution is -0.141. The van der Waals surface area contributed by atoms with Gasteiger partial charge in [-0.05, 0) is 0 Å². The van der Waals surface area contributed by atoms with Gasteiger partial charge in [-0.1, -0.05) is 6.92 Å². The van der Waals surface area contributed by atoms with Crippen molar-refractivity contribution in [3.8, 4) is 0 Å². The molecule has 0 radical (unpaired) electrons. The Balaban J connectivity index is 2.55. The first kappa shape index (κ1) is 7.21. The molecular formula is C6H9NO3. The normalized spacial score (nSPS) is 18.1. The van der Waals surface area contributed by atoms with Crippen LogP contribution in [0.15, 0.2) is 0 Å². The largest absolute Gasteiger partial charge is 0.351 e. The van der Waals surface area contributed by atoms with Crippen LogP contribution in [0.25, 0.3) is 0 Å². The van der Waals surface area contributed by atoms with Crippen molar-refractivity contribution >= 4 is 11.8 Å². The maximum absolute atomic E-state index is 10.8. The van der Waals surface area contributed by atoms with Gasteiger partial charge in [0.2, 0.25) is 5.91 Å². The van der Waals surface area contributed by atoms with E-state index in [0.29, 0.717) is 6.42 Å². The molecule has 0 aromatic rings. The molecule has 4 heteroatoms. The fraction of sp³-hybridized carbons (Fsp3) is 0.667. The fourth-order valence-corrected chi connectivity index (χ4v) is 0.776. The highest BCUT2D eigenvalue weighted by Gasteiger charge is 2.25. The number of rotatable bonds is 1. The Morgan fingerprint density at radius 1 is 1.80 bits per heavy atom. The van der Waals surface area contributed by atoms with Crippen molar-refractivity contribution in [1.29, 1.82) is 0 Å². The van der Waals surface area contributed by atoms with Crippen LogP contribution in [-0.4, -0.2) is 30.1 Å². The maximum Gasteiger partial charge on any atom is 0.257 e. The summed E-state index contributed by atoms with van der Waals surface area (Å²) >= 11 is 0. The Labute approximate surface area is 58.8 Å². The lowest BCUT2D eigenvalue weighted by Crippen LogP contribution is -2.31. The highest BCUT2D eigenvalue weighted by atomic mass is 16.5. The van der Waals surface area contributed by atoms with Crippen LogP contribution in [0.3, 0.4) is 0 Å². The first-order chi connectivity index (χ1) is 4.75. The molecule has 0 aromatic heterocycles. The predicted molar refractivity (Wildman–Crippen MR) is 33.0 cm³/mol. The first-order valence-corrected chi connectivity index (χ1v) is 3.16. The minimum atomic E-state index is -0.230. The second-order valence-corrected chi connectivity index (χ2v) is 2.05. The molecule has 0 atom stereocenters. The first-order valence-electron chi connectivity index (χ1n) is 3.16. The van der Waals surface area contributed by atoms with Crippen LogP contribution >= 0.6 is 0 Å². The van der Waals surface area contributed by atoms with E-state index >= 15 is 0 Å². The summed E-state index contributed by atoms with van der Waals surface area (Å²) in [5, 5.41) is 0. The molecule has 1 saturated heterocycles. The van der Waals surface area contributed by atoms with Crippen molar-refractivity contribution in [2.45, 2.75) is 13.3 Å². The summed E-state index contributed by atoms with van der Waals surface area (Å²) in [6.07, 6.45) is 0.356. The van der Waals surface area contributed by atoms with E-state index in [1.54, 1.807) is 6.92 Å². The lowest BCUT2D eigenvalue weighted by Gasteiger charge is -2.08. The predicted octanol–water partition coefficient (Wildman–Crippen LogP) is -0.261. The Morgan fingerprint density at radius 3 is 2.90 bits per heavy atom. The molecule has 1 fully saturated rings. The Kier molecular flexibility index (Phi) is 2.01. The van der Waals surface area contributed by atoms with Crippen LogP contribution in [-0.2, 0) is 14.3 Å². The molecule has 0 spiro atoms. The molecule has 0 aromatic carbocycles. The highest BCUT2D eigenvalue weighted by molar-refractivity contribution is 5.96. The molecule has 1 heterocycles. The number of amides is 2. The second kappa shape index (κ2) is 2.79. The molecular weight excluding hydrogens is 134 g/mol. The zero-order valence-electron chi connectivity index (χ0n) is 5.79. The van der Waals surface area contributed by atoms with E-state index in [1.165, 1.54) is 0 Å². The van der Waals surface area contributed by atoms with Gasteiger partial charge in [-0.15, -0.1) is 0 Å². The van der Waals surface area contributed by atoms with E-state index in [1.807, 2.05) is 0 Å². The summed E-state index contributed by atoms with van der Waals surface area (Å²) < 4.78 is 4.75. The molecule has 10 heavy (non-hydrogen) atoms. The highest BCUT2D eigenvalue weighted by Crippen LogP contribution is 2.02. The molecule has 56 valence electrons. The van der Waals surface area contributed by atoms with Gasteiger partial charge >= 0.3 is 0 Å². The van der Waals surface area contributed by atoms with Gasteiger partial charge in [0, 0.05) is 6.42 Å². The molecule has 1 aliphatic heterocycles. The minimum Gasteiger partial charge on any atom is -0.351 e. The van der Waals surface area contributed by atoms with Crippen LogP contribution in [0, 0.1) is 0 Å². The van der Waals surface area contributed by atoms with E-state index in [0.717, 1.165) is 4.90 Å². The van der Waals surface area contributed by atoms with Crippen LogP contribution < -0.4 is 0 Å². The lowest BCUT2D eigenvalue weighted by atomic mass is 10.4. The van der Waals surface area contributed by atoms with Gasteiger partial charge in [-0.3, -0.25) is 14.5 Å². The number of nitrogens with zero attached hydrogens (tertiary/aromatic N) is 1. The van der Waals surface area contributed by atoms with E-state index in [2.05, 4.69) is 0 Å². The van der Waals surface area contributed by atoms with E-state index < -0.39 is 0 Å². The van der Waals surface area contributed by atoms with Gasteiger partial charge < -0.3 is 4.74 Å². The Morgan fingerprint density at radius 2 is 2.50 bits per heavy atom. The second-order valence-electron chi connectivity index (χ2n) is 2.05. The summed E-state index contributed by atoms with van der Waals surface area (Å²) in [7, 11) is 0. The monoisotopic (exact) mass is 143 g/mol. The molecule has 0 aliphatic carbocycles. The van der Waals surface area contributed by atoms with Gasteiger partial charge in [-0.2, -0.15) is 0 Å². The molecule has 2 amide bonds. The third-order valence-electron chi connectivity index (χ3n) is 1.35. The van der Waals surface area contributed by atoms with Crippen molar-refractivity contribution in [3.63, 3.8) is 0 Å². The van der Waals surface area contributed by atoms with Gasteiger partial charge in [0.25, 0.3) is 5.91 Å². The van der Waals surface area contributed by atoms with Crippen molar-refractivity contribution < 1.29 is 14.3 Å². The van der Waals surface area contributed by atoms with Gasteiger partial charge in [0.1, 0.15) is 13.3 Å². The van der Waals surface area contributed by atoms with Crippen LogP contribution in [0.5, 0.6) is 0 Å². The number of imide groups is 1. The third kappa shape index (κ3) is 1.16. The zero-order chi connectivity index (χ0) is 7.56. The SMILES string of the molecule is CCC(=O)N1COCC1=O. The summed E-state index contributed by atoms with van der Waals surface area (Å²) in [6, 6.07) is 0. The molecule has 4 nitrogen and oxygen atoms in total. The van der Waals surface area contributed by atoms with Crippen molar-refractivity contribution in [3.05, 3.63) is 0 Å². The van der Waals surface area contributed by atoms with Gasteiger partial charge in [0.05, 0.1) is 0 Å². The summed E-state index contributed by atoms with van der Waals surface area (Å²) in [5.41, 5.74) is 0. The van der Waals surface area contributed by atoms with E-state index in [4.69, 9.17) is 4.74 Å². The quantitative estimate of drug-likeness (QED) is 0.508. The average molecular weight is 143 g/mol. The molecule has 0 unspecified atom stereocenters. The summed E-state index contributed by atoms with van der Waals surface area (Å²) in [4.78, 5) is 22.7. The number of ether oxygens (including phenoxy) is 1. The van der Waals surface area contributed by atoms with Crippen molar-refractivity contribution in [1.82, 2.24) is 4.90 Å². The summed E-state index contributed by atoms with van der Waals surface area (Å²) in [5.74, 6) is -0.394. The molecule has 0 saturated carbocycles. The zero-order valence-corrected chi connectivity index (χ0v) is 5.79. The standard InChI is InChI=1S/C6H9NO3/c1-2-5(8)7-4-10-3-6(7)9/h2-4H2,1H3. The molecule has 1 rings (SSSR count). The number of hydrogen-bond donors (Lipinski definition) is 0. The number of hydrogen-bond acceptors (Lipinski definition) is 3. The van der Waals surface area contributed by atoms with Gasteiger partial charge in [-0.25, -0.2) is 0 Å². The minimum absolute atomic E-state index is 0.0474. The number of carbonyl (C=O) groups is 2. The van der Waals surface area contributed by atoms with Crippen LogP contribution in [0.2, 0.25) is 0 Å². The molecule has 0 N–H and O–H groups in total. The maximum atomic E-state index is 10.8. The Bertz CT molecular complexity index is 166. The topological polar surface area (TPSA) is 46.6 Å². The van der Waals surface area contributed by atoms with Gasteiger partial charge in [0.15, 0.2) is 0 Å². The third-order valence-corrected chi connectivity index (χ3v) is 1.35. The van der Waals surface area contributed by atoms with E-state index in [-0.39, 0.29) is 25.2 Å². The van der Waals surface area contributed by atoms with Crippen LogP contribution in [0.1, 0.15) is 13.3 Å².